The number of nitrogens with zero attached hydrogens (tertiary/aromatic N) is 1. The molecule has 0 unspecified atom stereocenters. The maximum atomic E-state index is 13.1. The molecule has 4 heteroatoms. The SMILES string of the molecule is CC(C)(C)[C@H]1CN(CC2CC2)CC[C@@H]1C(F)(F)F. The van der Waals surface area contributed by atoms with Crippen LogP contribution >= 0.6 is 0 Å². The summed E-state index contributed by atoms with van der Waals surface area (Å²) in [5, 5.41) is 0. The maximum Gasteiger partial charge on any atom is 0.392 e. The summed E-state index contributed by atoms with van der Waals surface area (Å²) in [6.45, 7) is 8.07. The Morgan fingerprint density at radius 3 is 2.06 bits per heavy atom. The smallest absolute Gasteiger partial charge is 0.303 e. The topological polar surface area (TPSA) is 3.24 Å². The Labute approximate surface area is 108 Å². The van der Waals surface area contributed by atoms with Gasteiger partial charge in [-0.1, -0.05) is 20.8 Å². The number of hydrogen-bond acceptors (Lipinski definition) is 1. The average molecular weight is 263 g/mol. The Bertz CT molecular complexity index is 288. The van der Waals surface area contributed by atoms with Gasteiger partial charge in [-0.25, -0.2) is 0 Å². The zero-order valence-corrected chi connectivity index (χ0v) is 11.6. The van der Waals surface area contributed by atoms with E-state index in [9.17, 15) is 13.2 Å². The number of piperidine rings is 1. The highest BCUT2D eigenvalue weighted by Crippen LogP contribution is 2.46. The fourth-order valence-electron chi connectivity index (χ4n) is 3.12. The molecule has 18 heavy (non-hydrogen) atoms. The van der Waals surface area contributed by atoms with Crippen molar-refractivity contribution in [3.05, 3.63) is 0 Å². The molecule has 0 aromatic rings. The number of halogens is 3. The van der Waals surface area contributed by atoms with E-state index in [1.807, 2.05) is 20.8 Å². The van der Waals surface area contributed by atoms with E-state index < -0.39 is 12.1 Å². The third-order valence-corrected chi connectivity index (χ3v) is 4.44. The summed E-state index contributed by atoms with van der Waals surface area (Å²) in [5.74, 6) is -0.633. The zero-order valence-electron chi connectivity index (χ0n) is 11.6. The van der Waals surface area contributed by atoms with E-state index in [2.05, 4.69) is 4.90 Å². The van der Waals surface area contributed by atoms with E-state index in [0.717, 1.165) is 12.5 Å². The lowest BCUT2D eigenvalue weighted by Gasteiger charge is -2.45. The maximum absolute atomic E-state index is 13.1. The molecule has 0 aromatic carbocycles. The van der Waals surface area contributed by atoms with Gasteiger partial charge in [0.2, 0.25) is 0 Å². The molecule has 0 N–H and O–H groups in total. The van der Waals surface area contributed by atoms with E-state index in [4.69, 9.17) is 0 Å². The van der Waals surface area contributed by atoms with Gasteiger partial charge in [0, 0.05) is 13.1 Å². The molecule has 1 heterocycles. The van der Waals surface area contributed by atoms with Crippen molar-refractivity contribution in [2.75, 3.05) is 19.6 Å². The molecule has 1 aliphatic heterocycles. The van der Waals surface area contributed by atoms with Gasteiger partial charge in [-0.2, -0.15) is 13.2 Å². The molecule has 1 nitrogen and oxygen atoms in total. The van der Waals surface area contributed by atoms with Crippen molar-refractivity contribution >= 4 is 0 Å². The predicted molar refractivity (Wildman–Crippen MR) is 66.3 cm³/mol. The molecule has 106 valence electrons. The molecule has 2 fully saturated rings. The van der Waals surface area contributed by atoms with Crippen LogP contribution in [0, 0.1) is 23.2 Å². The number of hydrogen-bond donors (Lipinski definition) is 0. The Kier molecular flexibility index (Phi) is 3.69. The minimum absolute atomic E-state index is 0.273. The van der Waals surface area contributed by atoms with Crippen LogP contribution in [-0.4, -0.2) is 30.7 Å². The molecule has 0 aromatic heterocycles. The van der Waals surface area contributed by atoms with Crippen molar-refractivity contribution in [3.63, 3.8) is 0 Å². The van der Waals surface area contributed by atoms with Crippen LogP contribution in [0.25, 0.3) is 0 Å². The second kappa shape index (κ2) is 4.69. The van der Waals surface area contributed by atoms with Crippen molar-refractivity contribution in [3.8, 4) is 0 Å². The number of rotatable bonds is 2. The van der Waals surface area contributed by atoms with Crippen molar-refractivity contribution in [2.45, 2.75) is 46.2 Å². The molecule has 2 atom stereocenters. The molecule has 1 saturated carbocycles. The largest absolute Gasteiger partial charge is 0.392 e. The molecule has 0 radical (unpaired) electrons. The van der Waals surface area contributed by atoms with Gasteiger partial charge < -0.3 is 4.90 Å². The van der Waals surface area contributed by atoms with Crippen LogP contribution in [0.1, 0.15) is 40.0 Å². The quantitative estimate of drug-likeness (QED) is 0.729. The first-order valence-electron chi connectivity index (χ1n) is 6.97. The van der Waals surface area contributed by atoms with Crippen LogP contribution in [-0.2, 0) is 0 Å². The Morgan fingerprint density at radius 1 is 1.00 bits per heavy atom. The van der Waals surface area contributed by atoms with Crippen molar-refractivity contribution in [2.24, 2.45) is 23.2 Å². The molecule has 1 saturated heterocycles. The van der Waals surface area contributed by atoms with Crippen molar-refractivity contribution in [1.82, 2.24) is 4.90 Å². The van der Waals surface area contributed by atoms with Crippen LogP contribution in [0.3, 0.4) is 0 Å². The Morgan fingerprint density at radius 2 is 1.61 bits per heavy atom. The van der Waals surface area contributed by atoms with Gasteiger partial charge in [-0.05, 0) is 43.1 Å². The first kappa shape index (κ1) is 14.2. The summed E-state index contributed by atoms with van der Waals surface area (Å²) in [5.41, 5.74) is -0.275. The van der Waals surface area contributed by atoms with Gasteiger partial charge in [0.15, 0.2) is 0 Å². The number of alkyl halides is 3. The Balaban J connectivity index is 2.05. The lowest BCUT2D eigenvalue weighted by Crippen LogP contribution is -2.50. The third kappa shape index (κ3) is 3.40. The molecule has 0 spiro atoms. The summed E-state index contributed by atoms with van der Waals surface area (Å²) in [6, 6.07) is 0. The van der Waals surface area contributed by atoms with Gasteiger partial charge in [-0.3, -0.25) is 0 Å². The van der Waals surface area contributed by atoms with E-state index in [1.54, 1.807) is 0 Å². The first-order valence-corrected chi connectivity index (χ1v) is 6.97. The third-order valence-electron chi connectivity index (χ3n) is 4.44. The van der Waals surface area contributed by atoms with E-state index >= 15 is 0 Å². The molecule has 2 rings (SSSR count). The molecular formula is C14H24F3N. The van der Waals surface area contributed by atoms with Crippen LogP contribution in [0.4, 0.5) is 13.2 Å². The average Bonchev–Trinajstić information content (AvgIpc) is 2.98. The first-order chi connectivity index (χ1) is 8.18. The Hall–Kier alpha value is -0.250. The second-order valence-electron chi connectivity index (χ2n) is 7.11. The summed E-state index contributed by atoms with van der Waals surface area (Å²) < 4.78 is 39.3. The summed E-state index contributed by atoms with van der Waals surface area (Å²) in [7, 11) is 0. The van der Waals surface area contributed by atoms with Crippen LogP contribution in [0.5, 0.6) is 0 Å². The normalized spacial score (nSPS) is 31.7. The molecule has 0 amide bonds. The van der Waals surface area contributed by atoms with Gasteiger partial charge in [0.05, 0.1) is 5.92 Å². The molecular weight excluding hydrogens is 239 g/mol. The van der Waals surface area contributed by atoms with Crippen LogP contribution < -0.4 is 0 Å². The number of likely N-dealkylation sites (tertiary alicyclic amines) is 1. The molecule has 2 aliphatic rings. The minimum atomic E-state index is -4.04. The lowest BCUT2D eigenvalue weighted by atomic mass is 9.69. The second-order valence-corrected chi connectivity index (χ2v) is 7.11. The van der Waals surface area contributed by atoms with Crippen LogP contribution in [0.2, 0.25) is 0 Å². The fourth-order valence-corrected chi connectivity index (χ4v) is 3.12. The summed E-state index contributed by atoms with van der Waals surface area (Å²) in [6.07, 6.45) is -1.24. The zero-order chi connectivity index (χ0) is 13.6. The van der Waals surface area contributed by atoms with Gasteiger partial charge in [0.1, 0.15) is 0 Å². The minimum Gasteiger partial charge on any atom is -0.303 e. The van der Waals surface area contributed by atoms with Gasteiger partial charge in [-0.15, -0.1) is 0 Å². The van der Waals surface area contributed by atoms with E-state index in [1.165, 1.54) is 12.8 Å². The standard InChI is InChI=1S/C14H24F3N/c1-13(2,3)12-9-18(8-10-4-5-10)7-6-11(12)14(15,16)17/h10-12H,4-9H2,1-3H3/t11-,12-/m0/s1. The van der Waals surface area contributed by atoms with Gasteiger partial charge >= 0.3 is 6.18 Å². The monoisotopic (exact) mass is 263 g/mol. The van der Waals surface area contributed by atoms with E-state index in [-0.39, 0.29) is 17.8 Å². The summed E-state index contributed by atoms with van der Waals surface area (Å²) in [4.78, 5) is 2.26. The highest BCUT2D eigenvalue weighted by molar-refractivity contribution is 4.92. The van der Waals surface area contributed by atoms with Crippen LogP contribution in [0.15, 0.2) is 0 Å². The fraction of sp³-hybridized carbons (Fsp3) is 1.00. The molecule has 0 bridgehead atoms. The van der Waals surface area contributed by atoms with Gasteiger partial charge in [0.25, 0.3) is 0 Å². The van der Waals surface area contributed by atoms with Crippen molar-refractivity contribution in [1.29, 1.82) is 0 Å². The van der Waals surface area contributed by atoms with Crippen molar-refractivity contribution < 1.29 is 13.2 Å². The predicted octanol–water partition coefficient (Wildman–Crippen LogP) is 3.94. The van der Waals surface area contributed by atoms with E-state index in [0.29, 0.717) is 13.1 Å². The molecule has 1 aliphatic carbocycles. The highest BCUT2D eigenvalue weighted by atomic mass is 19.4. The summed E-state index contributed by atoms with van der Waals surface area (Å²) >= 11 is 0. The lowest BCUT2D eigenvalue weighted by molar-refractivity contribution is -0.211. The highest BCUT2D eigenvalue weighted by Gasteiger charge is 2.50.